The lowest BCUT2D eigenvalue weighted by Crippen LogP contribution is -2.38. The summed E-state index contributed by atoms with van der Waals surface area (Å²) < 4.78 is 74.1. The van der Waals surface area contributed by atoms with Gasteiger partial charge in [-0.3, -0.25) is 0 Å². The van der Waals surface area contributed by atoms with Crippen LogP contribution in [0, 0.1) is 17.6 Å². The van der Waals surface area contributed by atoms with Crippen LogP contribution in [0.3, 0.4) is 0 Å². The lowest BCUT2D eigenvalue weighted by atomic mass is 10.1. The molecule has 0 aliphatic carbocycles. The maximum atomic E-state index is 15.0. The third-order valence-corrected chi connectivity index (χ3v) is 6.80. The van der Waals surface area contributed by atoms with Gasteiger partial charge < -0.3 is 15.0 Å². The van der Waals surface area contributed by atoms with Crippen LogP contribution in [0.1, 0.15) is 0 Å². The standard InChI is InChI=1S/C21H20F3N3O3S/c22-17-19(18(23)21(26-20(17)24)27-9-11-30-12-10-27)31(28,29)13-8-25-16-7-3-5-14-4-1-2-6-15(14)16/h1-7,25H,8-13H2. The second kappa shape index (κ2) is 8.72. The first-order chi connectivity index (χ1) is 14.9. The molecule has 2 aromatic carbocycles. The molecular formula is C21H20F3N3O3S. The van der Waals surface area contributed by atoms with Crippen molar-refractivity contribution in [3.05, 3.63) is 60.0 Å². The van der Waals surface area contributed by atoms with Crippen LogP contribution in [0.4, 0.5) is 24.7 Å². The van der Waals surface area contributed by atoms with E-state index >= 15 is 4.39 Å². The summed E-state index contributed by atoms with van der Waals surface area (Å²) >= 11 is 0. The molecule has 1 aliphatic heterocycles. The predicted octanol–water partition coefficient (Wildman–Crippen LogP) is 3.37. The van der Waals surface area contributed by atoms with Gasteiger partial charge in [0.25, 0.3) is 5.95 Å². The van der Waals surface area contributed by atoms with Crippen molar-refractivity contribution < 1.29 is 26.3 Å². The van der Waals surface area contributed by atoms with E-state index in [1.54, 1.807) is 6.07 Å². The number of ether oxygens (including phenoxy) is 1. The van der Waals surface area contributed by atoms with Crippen molar-refractivity contribution in [3.63, 3.8) is 0 Å². The fraction of sp³-hybridized carbons (Fsp3) is 0.286. The maximum absolute atomic E-state index is 15.0. The molecule has 10 heteroatoms. The Morgan fingerprint density at radius 1 is 1.00 bits per heavy atom. The Bertz CT molecular complexity index is 1210. The molecule has 0 radical (unpaired) electrons. The molecule has 1 fully saturated rings. The molecule has 0 saturated carbocycles. The van der Waals surface area contributed by atoms with E-state index in [0.717, 1.165) is 10.8 Å². The number of nitrogens with zero attached hydrogens (tertiary/aromatic N) is 2. The molecule has 2 heterocycles. The molecule has 0 amide bonds. The zero-order chi connectivity index (χ0) is 22.0. The van der Waals surface area contributed by atoms with Gasteiger partial charge in [0.15, 0.2) is 27.3 Å². The quantitative estimate of drug-likeness (QED) is 0.580. The molecule has 1 aromatic heterocycles. The molecule has 1 aliphatic rings. The molecule has 164 valence electrons. The van der Waals surface area contributed by atoms with Crippen molar-refractivity contribution in [2.24, 2.45) is 0 Å². The van der Waals surface area contributed by atoms with Gasteiger partial charge in [-0.05, 0) is 11.5 Å². The number of pyridine rings is 1. The third-order valence-electron chi connectivity index (χ3n) is 5.08. The van der Waals surface area contributed by atoms with Crippen molar-refractivity contribution in [3.8, 4) is 0 Å². The minimum atomic E-state index is -4.48. The van der Waals surface area contributed by atoms with Crippen LogP contribution in [0.5, 0.6) is 0 Å². The average Bonchev–Trinajstić information content (AvgIpc) is 2.77. The molecule has 6 nitrogen and oxygen atoms in total. The van der Waals surface area contributed by atoms with Crippen LogP contribution >= 0.6 is 0 Å². The Morgan fingerprint density at radius 3 is 2.48 bits per heavy atom. The second-order valence-electron chi connectivity index (χ2n) is 7.06. The Balaban J connectivity index is 1.59. The summed E-state index contributed by atoms with van der Waals surface area (Å²) in [4.78, 5) is 3.36. The number of halogens is 3. The van der Waals surface area contributed by atoms with E-state index in [4.69, 9.17) is 4.74 Å². The lowest BCUT2D eigenvalue weighted by molar-refractivity contribution is 0.122. The first-order valence-electron chi connectivity index (χ1n) is 9.70. The minimum absolute atomic E-state index is 0.119. The highest BCUT2D eigenvalue weighted by Crippen LogP contribution is 2.29. The van der Waals surface area contributed by atoms with E-state index in [2.05, 4.69) is 10.3 Å². The lowest BCUT2D eigenvalue weighted by Gasteiger charge is -2.28. The maximum Gasteiger partial charge on any atom is 0.252 e. The Morgan fingerprint density at radius 2 is 1.71 bits per heavy atom. The SMILES string of the molecule is O=S(=O)(CCNc1cccc2ccccc12)c1c(F)c(F)nc(N2CCOCC2)c1F. The first kappa shape index (κ1) is 21.4. The fourth-order valence-corrected chi connectivity index (χ4v) is 4.84. The number of fused-ring (bicyclic) bond motifs is 1. The number of rotatable bonds is 6. The zero-order valence-corrected chi connectivity index (χ0v) is 17.3. The van der Waals surface area contributed by atoms with Gasteiger partial charge in [-0.1, -0.05) is 36.4 Å². The van der Waals surface area contributed by atoms with Crippen LogP contribution in [-0.4, -0.2) is 52.0 Å². The summed E-state index contributed by atoms with van der Waals surface area (Å²) in [5, 5.41) is 4.82. The zero-order valence-electron chi connectivity index (χ0n) is 16.4. The van der Waals surface area contributed by atoms with Crippen molar-refractivity contribution in [2.75, 3.05) is 48.8 Å². The summed E-state index contributed by atoms with van der Waals surface area (Å²) in [6, 6.07) is 13.0. The van der Waals surface area contributed by atoms with Gasteiger partial charge in [0.2, 0.25) is 0 Å². The third kappa shape index (κ3) is 4.31. The van der Waals surface area contributed by atoms with Gasteiger partial charge in [-0.15, -0.1) is 0 Å². The van der Waals surface area contributed by atoms with E-state index < -0.39 is 43.9 Å². The second-order valence-corrected chi connectivity index (χ2v) is 9.10. The molecule has 0 spiro atoms. The monoisotopic (exact) mass is 451 g/mol. The molecule has 3 aromatic rings. The van der Waals surface area contributed by atoms with Gasteiger partial charge >= 0.3 is 0 Å². The molecule has 1 saturated heterocycles. The van der Waals surface area contributed by atoms with Crippen LogP contribution in [-0.2, 0) is 14.6 Å². The summed E-state index contributed by atoms with van der Waals surface area (Å²) in [5.74, 6) is -5.99. The number of anilines is 2. The normalized spacial score (nSPS) is 14.7. The molecule has 1 N–H and O–H groups in total. The van der Waals surface area contributed by atoms with Crippen molar-refractivity contribution >= 4 is 32.1 Å². The van der Waals surface area contributed by atoms with E-state index in [9.17, 15) is 17.2 Å². The number of hydrogen-bond acceptors (Lipinski definition) is 6. The largest absolute Gasteiger partial charge is 0.384 e. The van der Waals surface area contributed by atoms with Crippen LogP contribution in [0.2, 0.25) is 0 Å². The van der Waals surface area contributed by atoms with Crippen molar-refractivity contribution in [2.45, 2.75) is 4.90 Å². The van der Waals surface area contributed by atoms with Gasteiger partial charge in [0, 0.05) is 30.7 Å². The molecule has 0 bridgehead atoms. The number of sulfone groups is 1. The first-order valence-corrected chi connectivity index (χ1v) is 11.4. The summed E-state index contributed by atoms with van der Waals surface area (Å²) in [6.45, 7) is 0.759. The highest BCUT2D eigenvalue weighted by molar-refractivity contribution is 7.91. The van der Waals surface area contributed by atoms with Gasteiger partial charge in [0.1, 0.15) is 4.90 Å². The topological polar surface area (TPSA) is 71.5 Å². The van der Waals surface area contributed by atoms with Crippen LogP contribution < -0.4 is 10.2 Å². The van der Waals surface area contributed by atoms with Crippen molar-refractivity contribution in [1.82, 2.24) is 4.98 Å². The highest BCUT2D eigenvalue weighted by atomic mass is 32.2. The smallest absolute Gasteiger partial charge is 0.252 e. The number of hydrogen-bond donors (Lipinski definition) is 1. The van der Waals surface area contributed by atoms with Crippen LogP contribution in [0.15, 0.2) is 47.4 Å². The van der Waals surface area contributed by atoms with Crippen LogP contribution in [0.25, 0.3) is 10.8 Å². The Hall–Kier alpha value is -2.85. The number of morpholine rings is 1. The number of nitrogens with one attached hydrogen (secondary N) is 1. The molecule has 0 unspecified atom stereocenters. The van der Waals surface area contributed by atoms with E-state index in [-0.39, 0.29) is 32.8 Å². The van der Waals surface area contributed by atoms with E-state index in [0.29, 0.717) is 5.69 Å². The number of aromatic nitrogens is 1. The summed E-state index contributed by atoms with van der Waals surface area (Å²) in [5.41, 5.74) is 0.684. The highest BCUT2D eigenvalue weighted by Gasteiger charge is 2.32. The molecule has 31 heavy (non-hydrogen) atoms. The fourth-order valence-electron chi connectivity index (χ4n) is 3.54. The molecular weight excluding hydrogens is 431 g/mol. The summed E-state index contributed by atoms with van der Waals surface area (Å²) in [7, 11) is -4.48. The van der Waals surface area contributed by atoms with Crippen molar-refractivity contribution in [1.29, 1.82) is 0 Å². The van der Waals surface area contributed by atoms with Gasteiger partial charge in [0.05, 0.1) is 19.0 Å². The van der Waals surface area contributed by atoms with Gasteiger partial charge in [-0.2, -0.15) is 9.37 Å². The number of benzene rings is 2. The molecule has 0 atom stereocenters. The van der Waals surface area contributed by atoms with Gasteiger partial charge in [-0.25, -0.2) is 17.2 Å². The summed E-state index contributed by atoms with van der Waals surface area (Å²) in [6.07, 6.45) is 0. The predicted molar refractivity (Wildman–Crippen MR) is 112 cm³/mol. The van der Waals surface area contributed by atoms with E-state index in [1.807, 2.05) is 36.4 Å². The average molecular weight is 451 g/mol. The minimum Gasteiger partial charge on any atom is -0.384 e. The molecule has 4 rings (SSSR count). The Labute approximate surface area is 177 Å². The Kier molecular flexibility index (Phi) is 6.01. The van der Waals surface area contributed by atoms with E-state index in [1.165, 1.54) is 4.90 Å².